The fraction of sp³-hybridized carbons (Fsp3) is 0.111. The van der Waals surface area contributed by atoms with Gasteiger partial charge in [0.05, 0.1) is 11.3 Å². The van der Waals surface area contributed by atoms with E-state index in [0.717, 1.165) is 11.3 Å². The SMILES string of the molecule is CN(C)c1ccc(/C=C2\C(=O)N(c3ccccc3)N=C2N)cc1. The van der Waals surface area contributed by atoms with Crippen molar-refractivity contribution in [2.45, 2.75) is 0 Å². The van der Waals surface area contributed by atoms with E-state index >= 15 is 0 Å². The molecule has 2 aromatic carbocycles. The maximum Gasteiger partial charge on any atom is 0.282 e. The number of hydrogen-bond donors (Lipinski definition) is 1. The van der Waals surface area contributed by atoms with Crippen molar-refractivity contribution in [2.24, 2.45) is 10.8 Å². The molecular formula is C18H18N4O. The van der Waals surface area contributed by atoms with E-state index in [1.54, 1.807) is 6.08 Å². The van der Waals surface area contributed by atoms with Gasteiger partial charge in [0.15, 0.2) is 5.84 Å². The molecule has 1 aliphatic rings. The number of hydrazone groups is 1. The molecule has 3 rings (SSSR count). The summed E-state index contributed by atoms with van der Waals surface area (Å²) in [5, 5.41) is 5.49. The first-order valence-electron chi connectivity index (χ1n) is 7.29. The molecule has 0 saturated carbocycles. The van der Waals surface area contributed by atoms with Gasteiger partial charge in [-0.05, 0) is 35.9 Å². The lowest BCUT2D eigenvalue weighted by Gasteiger charge is -2.12. The van der Waals surface area contributed by atoms with Crippen LogP contribution in [0.1, 0.15) is 5.56 Å². The van der Waals surface area contributed by atoms with E-state index in [1.807, 2.05) is 73.6 Å². The summed E-state index contributed by atoms with van der Waals surface area (Å²) in [5.74, 6) is 0.0147. The van der Waals surface area contributed by atoms with Gasteiger partial charge in [0.2, 0.25) is 0 Å². The van der Waals surface area contributed by atoms with E-state index in [9.17, 15) is 4.79 Å². The molecule has 0 saturated heterocycles. The van der Waals surface area contributed by atoms with E-state index in [1.165, 1.54) is 5.01 Å². The number of amides is 1. The monoisotopic (exact) mass is 306 g/mol. The van der Waals surface area contributed by atoms with E-state index < -0.39 is 0 Å². The van der Waals surface area contributed by atoms with Crippen LogP contribution in [0.25, 0.3) is 6.08 Å². The van der Waals surface area contributed by atoms with Crippen LogP contribution in [0, 0.1) is 0 Å². The van der Waals surface area contributed by atoms with Crippen LogP contribution in [0.5, 0.6) is 0 Å². The minimum Gasteiger partial charge on any atom is -0.382 e. The average molecular weight is 306 g/mol. The van der Waals surface area contributed by atoms with Gasteiger partial charge in [-0.25, -0.2) is 0 Å². The topological polar surface area (TPSA) is 61.9 Å². The van der Waals surface area contributed by atoms with E-state index in [-0.39, 0.29) is 11.7 Å². The number of amidine groups is 1. The summed E-state index contributed by atoms with van der Waals surface area (Å²) in [6.45, 7) is 0. The van der Waals surface area contributed by atoms with Gasteiger partial charge in [-0.2, -0.15) is 5.01 Å². The van der Waals surface area contributed by atoms with Crippen molar-refractivity contribution >= 4 is 29.2 Å². The number of benzene rings is 2. The number of para-hydroxylation sites is 1. The zero-order chi connectivity index (χ0) is 16.4. The Hall–Kier alpha value is -3.08. The molecule has 1 amide bonds. The summed E-state index contributed by atoms with van der Waals surface area (Å²) in [4.78, 5) is 14.6. The molecule has 23 heavy (non-hydrogen) atoms. The first-order chi connectivity index (χ1) is 11.1. The first kappa shape index (κ1) is 14.8. The van der Waals surface area contributed by atoms with Crippen molar-refractivity contribution in [3.05, 3.63) is 65.7 Å². The maximum absolute atomic E-state index is 12.6. The molecule has 116 valence electrons. The van der Waals surface area contributed by atoms with Crippen LogP contribution in [-0.2, 0) is 4.79 Å². The summed E-state index contributed by atoms with van der Waals surface area (Å²) >= 11 is 0. The Morgan fingerprint density at radius 1 is 1.04 bits per heavy atom. The average Bonchev–Trinajstić information content (AvgIpc) is 2.84. The molecule has 0 aromatic heterocycles. The van der Waals surface area contributed by atoms with Crippen LogP contribution in [0.2, 0.25) is 0 Å². The Bertz CT molecular complexity index is 776. The molecule has 5 heteroatoms. The standard InChI is InChI=1S/C18H18N4O/c1-21(2)14-10-8-13(9-11-14)12-16-17(19)20-22(18(16)23)15-6-4-3-5-7-15/h3-12H,1-2H3,(H2,19,20)/b16-12-. The number of carbonyl (C=O) groups excluding carboxylic acids is 1. The molecule has 0 atom stereocenters. The lowest BCUT2D eigenvalue weighted by molar-refractivity contribution is -0.114. The third-order valence-corrected chi connectivity index (χ3v) is 3.63. The van der Waals surface area contributed by atoms with Gasteiger partial charge >= 0.3 is 0 Å². The van der Waals surface area contributed by atoms with Crippen LogP contribution >= 0.6 is 0 Å². The number of rotatable bonds is 3. The third kappa shape index (κ3) is 2.94. The Balaban J connectivity index is 1.89. The second-order valence-corrected chi connectivity index (χ2v) is 5.48. The quantitative estimate of drug-likeness (QED) is 0.886. The second-order valence-electron chi connectivity index (χ2n) is 5.48. The largest absolute Gasteiger partial charge is 0.382 e. The first-order valence-corrected chi connectivity index (χ1v) is 7.29. The summed E-state index contributed by atoms with van der Waals surface area (Å²) in [6, 6.07) is 17.1. The highest BCUT2D eigenvalue weighted by Gasteiger charge is 2.29. The lowest BCUT2D eigenvalue weighted by Crippen LogP contribution is -2.22. The van der Waals surface area contributed by atoms with E-state index in [0.29, 0.717) is 11.3 Å². The van der Waals surface area contributed by atoms with Crippen LogP contribution in [-0.4, -0.2) is 25.8 Å². The number of nitrogens with two attached hydrogens (primary N) is 1. The number of nitrogens with zero attached hydrogens (tertiary/aromatic N) is 3. The molecule has 2 aromatic rings. The molecule has 0 fully saturated rings. The predicted octanol–water partition coefficient (Wildman–Crippen LogP) is 2.46. The highest BCUT2D eigenvalue weighted by molar-refractivity contribution is 6.31. The molecule has 0 spiro atoms. The number of anilines is 2. The van der Waals surface area contributed by atoms with Crippen molar-refractivity contribution < 1.29 is 4.79 Å². The highest BCUT2D eigenvalue weighted by Crippen LogP contribution is 2.23. The van der Waals surface area contributed by atoms with E-state index in [2.05, 4.69) is 5.10 Å². The number of carbonyl (C=O) groups is 1. The minimum atomic E-state index is -0.217. The van der Waals surface area contributed by atoms with Gasteiger partial charge in [0.25, 0.3) is 5.91 Å². The van der Waals surface area contributed by atoms with Gasteiger partial charge in [0, 0.05) is 19.8 Å². The van der Waals surface area contributed by atoms with Gasteiger partial charge in [0.1, 0.15) is 0 Å². The zero-order valence-corrected chi connectivity index (χ0v) is 13.1. The Kier molecular flexibility index (Phi) is 3.85. The van der Waals surface area contributed by atoms with Gasteiger partial charge in [-0.1, -0.05) is 30.3 Å². The van der Waals surface area contributed by atoms with Crippen LogP contribution in [0.3, 0.4) is 0 Å². The molecule has 2 N–H and O–H groups in total. The van der Waals surface area contributed by atoms with Crippen molar-refractivity contribution in [1.82, 2.24) is 0 Å². The highest BCUT2D eigenvalue weighted by atomic mass is 16.2. The molecule has 0 bridgehead atoms. The molecular weight excluding hydrogens is 288 g/mol. The Morgan fingerprint density at radius 3 is 2.30 bits per heavy atom. The van der Waals surface area contributed by atoms with Gasteiger partial charge in [-0.3, -0.25) is 4.79 Å². The van der Waals surface area contributed by atoms with E-state index in [4.69, 9.17) is 5.73 Å². The molecule has 5 nitrogen and oxygen atoms in total. The minimum absolute atomic E-state index is 0.217. The van der Waals surface area contributed by atoms with Crippen molar-refractivity contribution in [2.75, 3.05) is 24.0 Å². The zero-order valence-electron chi connectivity index (χ0n) is 13.1. The fourth-order valence-electron chi connectivity index (χ4n) is 2.35. The number of hydrogen-bond acceptors (Lipinski definition) is 4. The predicted molar refractivity (Wildman–Crippen MR) is 94.3 cm³/mol. The van der Waals surface area contributed by atoms with Crippen molar-refractivity contribution in [3.8, 4) is 0 Å². The Labute approximate surface area is 135 Å². The van der Waals surface area contributed by atoms with Crippen molar-refractivity contribution in [3.63, 3.8) is 0 Å². The van der Waals surface area contributed by atoms with Gasteiger partial charge in [-0.15, -0.1) is 5.10 Å². The van der Waals surface area contributed by atoms with Crippen LogP contribution < -0.4 is 15.6 Å². The second kappa shape index (κ2) is 5.96. The molecule has 0 unspecified atom stereocenters. The molecule has 1 aliphatic heterocycles. The fourth-order valence-corrected chi connectivity index (χ4v) is 2.35. The third-order valence-electron chi connectivity index (χ3n) is 3.63. The molecule has 1 heterocycles. The summed E-state index contributed by atoms with van der Waals surface area (Å²) in [5.41, 5.74) is 9.05. The van der Waals surface area contributed by atoms with Crippen LogP contribution in [0.4, 0.5) is 11.4 Å². The maximum atomic E-state index is 12.6. The summed E-state index contributed by atoms with van der Waals surface area (Å²) in [6.07, 6.45) is 1.77. The summed E-state index contributed by atoms with van der Waals surface area (Å²) in [7, 11) is 3.96. The summed E-state index contributed by atoms with van der Waals surface area (Å²) < 4.78 is 0. The van der Waals surface area contributed by atoms with Crippen LogP contribution in [0.15, 0.2) is 65.3 Å². The molecule has 0 radical (unpaired) electrons. The van der Waals surface area contributed by atoms with Crippen molar-refractivity contribution in [1.29, 1.82) is 0 Å². The normalized spacial score (nSPS) is 15.9. The smallest absolute Gasteiger partial charge is 0.282 e. The molecule has 0 aliphatic carbocycles. The Morgan fingerprint density at radius 2 is 1.70 bits per heavy atom. The lowest BCUT2D eigenvalue weighted by atomic mass is 10.1. The van der Waals surface area contributed by atoms with Gasteiger partial charge < -0.3 is 10.6 Å².